The van der Waals surface area contributed by atoms with Crippen LogP contribution in [0.15, 0.2) is 18.2 Å². The van der Waals surface area contributed by atoms with E-state index in [2.05, 4.69) is 0 Å². The lowest BCUT2D eigenvalue weighted by Crippen LogP contribution is -2.39. The molecule has 0 saturated heterocycles. The predicted octanol–water partition coefficient (Wildman–Crippen LogP) is 3.90. The summed E-state index contributed by atoms with van der Waals surface area (Å²) in [6.07, 6.45) is 0. The zero-order valence-electron chi connectivity index (χ0n) is 13.2. The van der Waals surface area contributed by atoms with Crippen LogP contribution in [0.2, 0.25) is 10.0 Å². The van der Waals surface area contributed by atoms with Gasteiger partial charge in [0.1, 0.15) is 0 Å². The molecule has 1 atom stereocenters. The van der Waals surface area contributed by atoms with Crippen molar-refractivity contribution in [3.63, 3.8) is 0 Å². The molecule has 0 aromatic heterocycles. The minimum atomic E-state index is -0.393. The van der Waals surface area contributed by atoms with E-state index in [1.165, 1.54) is 7.11 Å². The van der Waals surface area contributed by atoms with Crippen LogP contribution in [0.3, 0.4) is 0 Å². The number of ether oxygens (including phenoxy) is 1. The Hall–Kier alpha value is -1.26. The number of nitrogens with zero attached hydrogens (tertiary/aromatic N) is 1. The van der Waals surface area contributed by atoms with Crippen molar-refractivity contribution in [2.24, 2.45) is 11.8 Å². The van der Waals surface area contributed by atoms with E-state index in [0.717, 1.165) is 0 Å². The van der Waals surface area contributed by atoms with E-state index in [1.54, 1.807) is 30.0 Å². The van der Waals surface area contributed by atoms with Gasteiger partial charge in [0, 0.05) is 18.7 Å². The average molecular weight is 346 g/mol. The Morgan fingerprint density at radius 3 is 2.27 bits per heavy atom. The first kappa shape index (κ1) is 18.8. The molecule has 0 bridgehead atoms. The molecule has 122 valence electrons. The number of carbonyl (C=O) groups excluding carboxylic acids is 2. The summed E-state index contributed by atoms with van der Waals surface area (Å²) < 4.78 is 4.72. The summed E-state index contributed by atoms with van der Waals surface area (Å²) in [5.41, 5.74) is 0.451. The van der Waals surface area contributed by atoms with Crippen LogP contribution in [0.25, 0.3) is 0 Å². The Bertz CT molecular complexity index is 546. The summed E-state index contributed by atoms with van der Waals surface area (Å²) in [4.78, 5) is 25.9. The van der Waals surface area contributed by atoms with Crippen molar-refractivity contribution in [1.29, 1.82) is 0 Å². The zero-order chi connectivity index (χ0) is 16.9. The second-order valence-electron chi connectivity index (χ2n) is 5.66. The van der Waals surface area contributed by atoms with Gasteiger partial charge < -0.3 is 9.64 Å². The van der Waals surface area contributed by atoms with Gasteiger partial charge in [-0.25, -0.2) is 0 Å². The van der Waals surface area contributed by atoms with Crippen LogP contribution in [-0.4, -0.2) is 37.0 Å². The Morgan fingerprint density at radius 2 is 1.77 bits per heavy atom. The Kier molecular flexibility index (Phi) is 7.17. The molecule has 0 radical (unpaired) electrons. The van der Waals surface area contributed by atoms with E-state index in [0.29, 0.717) is 28.7 Å². The van der Waals surface area contributed by atoms with E-state index in [-0.39, 0.29) is 17.8 Å². The summed E-state index contributed by atoms with van der Waals surface area (Å²) >= 11 is 11.8. The van der Waals surface area contributed by atoms with Gasteiger partial charge >= 0.3 is 5.97 Å². The Labute approximate surface area is 141 Å². The highest BCUT2D eigenvalue weighted by molar-refractivity contribution is 6.42. The van der Waals surface area contributed by atoms with E-state index in [1.807, 2.05) is 13.8 Å². The van der Waals surface area contributed by atoms with Crippen molar-refractivity contribution < 1.29 is 14.3 Å². The van der Waals surface area contributed by atoms with Gasteiger partial charge in [-0.15, -0.1) is 0 Å². The number of esters is 1. The first-order chi connectivity index (χ1) is 10.3. The summed E-state index contributed by atoms with van der Waals surface area (Å²) in [6.45, 7) is 6.60. The maximum Gasteiger partial charge on any atom is 0.310 e. The largest absolute Gasteiger partial charge is 0.469 e. The van der Waals surface area contributed by atoms with E-state index in [4.69, 9.17) is 27.9 Å². The maximum absolute atomic E-state index is 12.7. The van der Waals surface area contributed by atoms with Crippen molar-refractivity contribution in [2.45, 2.75) is 20.8 Å². The van der Waals surface area contributed by atoms with Gasteiger partial charge in [-0.1, -0.05) is 44.0 Å². The number of rotatable bonds is 6. The molecule has 0 aliphatic rings. The lowest BCUT2D eigenvalue weighted by Gasteiger charge is -2.27. The lowest BCUT2D eigenvalue weighted by molar-refractivity contribution is -0.145. The lowest BCUT2D eigenvalue weighted by atomic mass is 10.1. The van der Waals surface area contributed by atoms with Crippen molar-refractivity contribution >= 4 is 35.1 Å². The highest BCUT2D eigenvalue weighted by atomic mass is 35.5. The van der Waals surface area contributed by atoms with Crippen LogP contribution in [0.4, 0.5) is 0 Å². The van der Waals surface area contributed by atoms with E-state index >= 15 is 0 Å². The topological polar surface area (TPSA) is 46.6 Å². The van der Waals surface area contributed by atoms with Crippen molar-refractivity contribution in [1.82, 2.24) is 4.90 Å². The average Bonchev–Trinajstić information content (AvgIpc) is 2.47. The van der Waals surface area contributed by atoms with Crippen LogP contribution in [0.1, 0.15) is 31.1 Å². The van der Waals surface area contributed by atoms with Gasteiger partial charge in [0.15, 0.2) is 0 Å². The number of benzene rings is 1. The normalized spacial score (nSPS) is 12.1. The number of halogens is 2. The van der Waals surface area contributed by atoms with Gasteiger partial charge in [-0.2, -0.15) is 0 Å². The van der Waals surface area contributed by atoms with Crippen molar-refractivity contribution in [3.8, 4) is 0 Å². The molecule has 0 heterocycles. The minimum Gasteiger partial charge on any atom is -0.469 e. The predicted molar refractivity (Wildman–Crippen MR) is 88.4 cm³/mol. The summed E-state index contributed by atoms with van der Waals surface area (Å²) in [7, 11) is 1.34. The minimum absolute atomic E-state index is 0.178. The van der Waals surface area contributed by atoms with Crippen LogP contribution >= 0.6 is 23.2 Å². The Balaban J connectivity index is 2.97. The fourth-order valence-electron chi connectivity index (χ4n) is 2.10. The molecular weight excluding hydrogens is 325 g/mol. The number of carbonyl (C=O) groups is 2. The molecule has 0 spiro atoms. The molecule has 6 heteroatoms. The number of hydrogen-bond acceptors (Lipinski definition) is 3. The molecule has 0 aliphatic heterocycles. The molecule has 22 heavy (non-hydrogen) atoms. The third-order valence-corrected chi connectivity index (χ3v) is 3.88. The molecule has 4 nitrogen and oxygen atoms in total. The number of amides is 1. The molecule has 0 N–H and O–H groups in total. The first-order valence-corrected chi connectivity index (χ1v) is 7.84. The highest BCUT2D eigenvalue weighted by Gasteiger charge is 2.23. The van der Waals surface area contributed by atoms with E-state index < -0.39 is 5.92 Å². The van der Waals surface area contributed by atoms with Gasteiger partial charge in [0.25, 0.3) is 5.91 Å². The van der Waals surface area contributed by atoms with Crippen LogP contribution < -0.4 is 0 Å². The molecule has 0 saturated carbocycles. The van der Waals surface area contributed by atoms with Crippen LogP contribution in [0, 0.1) is 11.8 Å². The second kappa shape index (κ2) is 8.39. The molecule has 0 fully saturated rings. The van der Waals surface area contributed by atoms with Gasteiger partial charge in [-0.3, -0.25) is 9.59 Å². The fourth-order valence-corrected chi connectivity index (χ4v) is 2.40. The summed E-state index contributed by atoms with van der Waals surface area (Å²) in [6, 6.07) is 4.77. The molecule has 1 rings (SSSR count). The summed E-state index contributed by atoms with van der Waals surface area (Å²) in [5.74, 6) is -0.634. The Morgan fingerprint density at radius 1 is 1.14 bits per heavy atom. The van der Waals surface area contributed by atoms with E-state index in [9.17, 15) is 9.59 Å². The molecule has 0 aliphatic carbocycles. The highest BCUT2D eigenvalue weighted by Crippen LogP contribution is 2.23. The SMILES string of the molecule is COC(=O)C(C)CN(CC(C)C)C(=O)c1ccc(Cl)c(Cl)c1. The third kappa shape index (κ3) is 5.18. The molecular formula is C16H21Cl2NO3. The second-order valence-corrected chi connectivity index (χ2v) is 6.47. The van der Waals surface area contributed by atoms with Crippen LogP contribution in [-0.2, 0) is 9.53 Å². The van der Waals surface area contributed by atoms with Crippen molar-refractivity contribution in [2.75, 3.05) is 20.2 Å². The maximum atomic E-state index is 12.7. The van der Waals surface area contributed by atoms with Gasteiger partial charge in [0.2, 0.25) is 0 Å². The molecule has 1 amide bonds. The van der Waals surface area contributed by atoms with Gasteiger partial charge in [0.05, 0.1) is 23.1 Å². The monoisotopic (exact) mass is 345 g/mol. The quantitative estimate of drug-likeness (QED) is 0.734. The smallest absolute Gasteiger partial charge is 0.310 e. The summed E-state index contributed by atoms with van der Waals surface area (Å²) in [5, 5.41) is 0.731. The number of methoxy groups -OCH3 is 1. The molecule has 1 aromatic carbocycles. The first-order valence-electron chi connectivity index (χ1n) is 7.08. The zero-order valence-corrected chi connectivity index (χ0v) is 14.7. The van der Waals surface area contributed by atoms with Gasteiger partial charge in [-0.05, 0) is 24.1 Å². The molecule has 1 aromatic rings. The van der Waals surface area contributed by atoms with Crippen LogP contribution in [0.5, 0.6) is 0 Å². The third-order valence-electron chi connectivity index (χ3n) is 3.14. The number of hydrogen-bond donors (Lipinski definition) is 0. The van der Waals surface area contributed by atoms with Crippen molar-refractivity contribution in [3.05, 3.63) is 33.8 Å². The standard InChI is InChI=1S/C16H21Cl2NO3/c1-10(2)8-19(9-11(3)16(21)22-4)15(20)12-5-6-13(17)14(18)7-12/h5-7,10-11H,8-9H2,1-4H3. The fraction of sp³-hybridized carbons (Fsp3) is 0.500. The molecule has 1 unspecified atom stereocenters.